The van der Waals surface area contributed by atoms with E-state index in [0.29, 0.717) is 6.04 Å². The minimum Gasteiger partial charge on any atom is -0.381 e. The molecule has 1 atom stereocenters. The minimum atomic E-state index is -0.536. The van der Waals surface area contributed by atoms with Crippen molar-refractivity contribution in [3.8, 4) is 0 Å². The molecule has 1 fully saturated rings. The largest absolute Gasteiger partial charge is 0.381 e. The fourth-order valence-electron chi connectivity index (χ4n) is 3.53. The highest BCUT2D eigenvalue weighted by Gasteiger charge is 2.35. The fourth-order valence-corrected chi connectivity index (χ4v) is 3.53. The van der Waals surface area contributed by atoms with Crippen LogP contribution in [0, 0.1) is 0 Å². The topological polar surface area (TPSA) is 74.5 Å². The predicted octanol–water partition coefficient (Wildman–Crippen LogP) is 1.92. The second-order valence-corrected chi connectivity index (χ2v) is 6.62. The first-order valence-electron chi connectivity index (χ1n) is 8.60. The second-order valence-electron chi connectivity index (χ2n) is 6.62. The summed E-state index contributed by atoms with van der Waals surface area (Å²) in [5.41, 5.74) is 8.96. The Balaban J connectivity index is 1.84. The Morgan fingerprint density at radius 3 is 2.81 bits per heavy atom. The summed E-state index contributed by atoms with van der Waals surface area (Å²) in [5.74, 6) is 0.458. The van der Waals surface area contributed by atoms with E-state index < -0.39 is 5.79 Å². The van der Waals surface area contributed by atoms with Gasteiger partial charge in [0.1, 0.15) is 5.84 Å². The van der Waals surface area contributed by atoms with E-state index in [1.54, 1.807) is 0 Å². The number of nitrogens with two attached hydrogens (primary N) is 1. The third kappa shape index (κ3) is 3.34. The van der Waals surface area contributed by atoms with Crippen LogP contribution in [-0.2, 0) is 0 Å². The maximum Gasteiger partial charge on any atom is 0.162 e. The standard InChI is InChI=1S/C16H29N5/c1-2-3-10-16(17)20-13-9-6-11-18-14(13)15(21-16)19-12-7-4-5-8-12/h12,18,20H,2-11,17H2,1H3,(H,19,21). The summed E-state index contributed by atoms with van der Waals surface area (Å²) < 4.78 is 0. The highest BCUT2D eigenvalue weighted by atomic mass is 15.4. The van der Waals surface area contributed by atoms with Gasteiger partial charge in [-0.1, -0.05) is 26.2 Å². The van der Waals surface area contributed by atoms with E-state index in [0.717, 1.165) is 50.2 Å². The van der Waals surface area contributed by atoms with Crippen molar-refractivity contribution >= 4 is 5.84 Å². The van der Waals surface area contributed by atoms with Gasteiger partial charge < -0.3 is 16.0 Å². The maximum absolute atomic E-state index is 6.55. The van der Waals surface area contributed by atoms with Crippen molar-refractivity contribution in [2.24, 2.45) is 10.7 Å². The lowest BCUT2D eigenvalue weighted by Gasteiger charge is -2.42. The van der Waals surface area contributed by atoms with Crippen molar-refractivity contribution in [3.05, 3.63) is 11.4 Å². The molecule has 2 heterocycles. The molecule has 0 aromatic heterocycles. The Morgan fingerprint density at radius 1 is 1.24 bits per heavy atom. The van der Waals surface area contributed by atoms with Crippen LogP contribution in [0.2, 0.25) is 0 Å². The van der Waals surface area contributed by atoms with Crippen LogP contribution in [0.15, 0.2) is 16.4 Å². The molecule has 0 radical (unpaired) electrons. The lowest BCUT2D eigenvalue weighted by Crippen LogP contribution is -2.69. The van der Waals surface area contributed by atoms with Gasteiger partial charge in [-0.25, -0.2) is 0 Å². The molecule has 1 unspecified atom stereocenters. The first kappa shape index (κ1) is 14.7. The average Bonchev–Trinajstić information content (AvgIpc) is 2.98. The molecule has 3 aliphatic rings. The zero-order chi connectivity index (χ0) is 14.7. The average molecular weight is 291 g/mol. The molecule has 0 bridgehead atoms. The van der Waals surface area contributed by atoms with Gasteiger partial charge in [0.25, 0.3) is 0 Å². The predicted molar refractivity (Wildman–Crippen MR) is 86.7 cm³/mol. The smallest absolute Gasteiger partial charge is 0.162 e. The molecular weight excluding hydrogens is 262 g/mol. The SMILES string of the molecule is CCCCC1(N)NC(=NC2CCCC2)C2=C(CCCN2)N1. The molecule has 2 aliphatic heterocycles. The molecule has 21 heavy (non-hydrogen) atoms. The summed E-state index contributed by atoms with van der Waals surface area (Å²) in [7, 11) is 0. The Bertz CT molecular complexity index is 436. The molecule has 118 valence electrons. The summed E-state index contributed by atoms with van der Waals surface area (Å²) in [5, 5.41) is 10.5. The van der Waals surface area contributed by atoms with Crippen molar-refractivity contribution in [2.75, 3.05) is 6.54 Å². The van der Waals surface area contributed by atoms with Gasteiger partial charge in [0, 0.05) is 18.7 Å². The number of hydrogen-bond acceptors (Lipinski definition) is 4. The monoisotopic (exact) mass is 291 g/mol. The zero-order valence-corrected chi connectivity index (χ0v) is 13.2. The number of amidine groups is 1. The molecule has 0 amide bonds. The molecule has 3 rings (SSSR count). The normalized spacial score (nSPS) is 31.6. The molecule has 5 heteroatoms. The summed E-state index contributed by atoms with van der Waals surface area (Å²) in [6.45, 7) is 3.23. The Labute approximate surface area is 127 Å². The summed E-state index contributed by atoms with van der Waals surface area (Å²) >= 11 is 0. The van der Waals surface area contributed by atoms with E-state index in [-0.39, 0.29) is 0 Å². The van der Waals surface area contributed by atoms with Crippen LogP contribution in [-0.4, -0.2) is 24.2 Å². The van der Waals surface area contributed by atoms with Gasteiger partial charge >= 0.3 is 0 Å². The number of rotatable bonds is 4. The summed E-state index contributed by atoms with van der Waals surface area (Å²) in [4.78, 5) is 4.99. The van der Waals surface area contributed by atoms with Gasteiger partial charge in [0.15, 0.2) is 5.79 Å². The van der Waals surface area contributed by atoms with E-state index in [4.69, 9.17) is 10.7 Å². The molecule has 0 saturated heterocycles. The molecule has 1 aliphatic carbocycles. The van der Waals surface area contributed by atoms with Crippen LogP contribution in [0.5, 0.6) is 0 Å². The van der Waals surface area contributed by atoms with Gasteiger partial charge in [-0.15, -0.1) is 0 Å². The lowest BCUT2D eigenvalue weighted by molar-refractivity contribution is 0.284. The Kier molecular flexibility index (Phi) is 4.38. The van der Waals surface area contributed by atoms with Gasteiger partial charge in [0.2, 0.25) is 0 Å². The van der Waals surface area contributed by atoms with Crippen molar-refractivity contribution in [1.82, 2.24) is 16.0 Å². The number of hydrogen-bond donors (Lipinski definition) is 4. The minimum absolute atomic E-state index is 0.471. The number of nitrogens with one attached hydrogen (secondary N) is 3. The highest BCUT2D eigenvalue weighted by molar-refractivity contribution is 6.00. The fraction of sp³-hybridized carbons (Fsp3) is 0.812. The number of allylic oxidation sites excluding steroid dienone is 1. The number of nitrogens with zero attached hydrogens (tertiary/aromatic N) is 1. The molecule has 0 aromatic rings. The van der Waals surface area contributed by atoms with E-state index in [2.05, 4.69) is 22.9 Å². The maximum atomic E-state index is 6.55. The first-order chi connectivity index (χ1) is 10.2. The van der Waals surface area contributed by atoms with Gasteiger partial charge in [-0.3, -0.25) is 10.7 Å². The van der Waals surface area contributed by atoms with Gasteiger partial charge in [-0.05, 0) is 32.1 Å². The van der Waals surface area contributed by atoms with E-state index >= 15 is 0 Å². The summed E-state index contributed by atoms with van der Waals surface area (Å²) in [6.07, 6.45) is 10.5. The Morgan fingerprint density at radius 2 is 2.05 bits per heavy atom. The van der Waals surface area contributed by atoms with Crippen LogP contribution in [0.3, 0.4) is 0 Å². The Hall–Kier alpha value is -1.23. The van der Waals surface area contributed by atoms with Crippen LogP contribution < -0.4 is 21.7 Å². The third-order valence-corrected chi connectivity index (χ3v) is 4.72. The molecule has 5 N–H and O–H groups in total. The van der Waals surface area contributed by atoms with Crippen LogP contribution in [0.1, 0.15) is 64.7 Å². The van der Waals surface area contributed by atoms with Crippen LogP contribution in [0.4, 0.5) is 0 Å². The molecule has 5 nitrogen and oxygen atoms in total. The molecule has 0 aromatic carbocycles. The van der Waals surface area contributed by atoms with E-state index in [1.807, 2.05) is 0 Å². The quantitative estimate of drug-likeness (QED) is 0.638. The van der Waals surface area contributed by atoms with Gasteiger partial charge in [-0.2, -0.15) is 0 Å². The van der Waals surface area contributed by atoms with Crippen molar-refractivity contribution in [1.29, 1.82) is 0 Å². The van der Waals surface area contributed by atoms with Crippen LogP contribution >= 0.6 is 0 Å². The van der Waals surface area contributed by atoms with Crippen molar-refractivity contribution in [2.45, 2.75) is 76.5 Å². The van der Waals surface area contributed by atoms with Gasteiger partial charge in [0.05, 0.1) is 11.7 Å². The van der Waals surface area contributed by atoms with E-state index in [1.165, 1.54) is 31.4 Å². The lowest BCUT2D eigenvalue weighted by atomic mass is 10.0. The summed E-state index contributed by atoms with van der Waals surface area (Å²) in [6, 6.07) is 0.471. The van der Waals surface area contributed by atoms with Crippen molar-refractivity contribution in [3.63, 3.8) is 0 Å². The highest BCUT2D eigenvalue weighted by Crippen LogP contribution is 2.25. The zero-order valence-electron chi connectivity index (χ0n) is 13.2. The van der Waals surface area contributed by atoms with Crippen LogP contribution in [0.25, 0.3) is 0 Å². The molecule has 0 spiro atoms. The van der Waals surface area contributed by atoms with Crippen molar-refractivity contribution < 1.29 is 0 Å². The first-order valence-corrected chi connectivity index (χ1v) is 8.60. The van der Waals surface area contributed by atoms with E-state index in [9.17, 15) is 0 Å². The second kappa shape index (κ2) is 6.26. The molecule has 1 saturated carbocycles. The number of aliphatic imine (C=N–C) groups is 1. The third-order valence-electron chi connectivity index (χ3n) is 4.72. The molecular formula is C16H29N5. The number of unbranched alkanes of at least 4 members (excludes halogenated alkanes) is 1.